The van der Waals surface area contributed by atoms with E-state index >= 15 is 0 Å². The van der Waals surface area contributed by atoms with Gasteiger partial charge in [0, 0.05) is 12.1 Å². The number of methoxy groups -OCH3 is 1. The third kappa shape index (κ3) is 4.34. The van der Waals surface area contributed by atoms with E-state index in [9.17, 15) is 0 Å². The molecule has 3 rings (SSSR count). The fraction of sp³-hybridized carbons (Fsp3) is 0.444. The van der Waals surface area contributed by atoms with Gasteiger partial charge in [0.1, 0.15) is 23.7 Å². The third-order valence-corrected chi connectivity index (χ3v) is 4.24. The molecule has 0 unspecified atom stereocenters. The summed E-state index contributed by atoms with van der Waals surface area (Å²) in [5.74, 6) is 2.44. The van der Waals surface area contributed by atoms with Crippen LogP contribution in [0.15, 0.2) is 36.7 Å². The summed E-state index contributed by atoms with van der Waals surface area (Å²) in [6, 6.07) is 10.3. The summed E-state index contributed by atoms with van der Waals surface area (Å²) in [7, 11) is 1.67. The Morgan fingerprint density at radius 3 is 2.52 bits per heavy atom. The van der Waals surface area contributed by atoms with Crippen molar-refractivity contribution in [3.05, 3.63) is 36.7 Å². The minimum Gasteiger partial charge on any atom is -0.495 e. The van der Waals surface area contributed by atoms with Gasteiger partial charge in [-0.25, -0.2) is 9.97 Å². The molecule has 0 saturated heterocycles. The smallest absolute Gasteiger partial charge is 0.142 e. The molecule has 1 aliphatic rings. The maximum atomic E-state index is 5.36. The molecule has 0 aliphatic heterocycles. The van der Waals surface area contributed by atoms with Crippen molar-refractivity contribution in [2.45, 2.75) is 44.6 Å². The maximum absolute atomic E-state index is 5.36. The number of aromatic nitrogens is 2. The summed E-state index contributed by atoms with van der Waals surface area (Å²) in [6.45, 7) is 0. The molecule has 0 atom stereocenters. The van der Waals surface area contributed by atoms with Crippen LogP contribution in [0.2, 0.25) is 0 Å². The third-order valence-electron chi connectivity index (χ3n) is 4.24. The molecule has 0 bridgehead atoms. The summed E-state index contributed by atoms with van der Waals surface area (Å²) in [5, 5.41) is 6.85. The lowest BCUT2D eigenvalue weighted by Gasteiger charge is -2.17. The van der Waals surface area contributed by atoms with Crippen molar-refractivity contribution >= 4 is 17.3 Å². The first-order valence-electron chi connectivity index (χ1n) is 8.34. The highest BCUT2D eigenvalue weighted by Crippen LogP contribution is 2.27. The van der Waals surface area contributed by atoms with Gasteiger partial charge in [0.2, 0.25) is 0 Å². The second-order valence-corrected chi connectivity index (χ2v) is 5.95. The Bertz CT molecular complexity index is 624. The molecule has 1 aromatic carbocycles. The maximum Gasteiger partial charge on any atom is 0.142 e. The van der Waals surface area contributed by atoms with E-state index in [0.29, 0.717) is 6.04 Å². The molecular formula is C18H24N4O. The largest absolute Gasteiger partial charge is 0.495 e. The second-order valence-electron chi connectivity index (χ2n) is 5.95. The topological polar surface area (TPSA) is 59.1 Å². The van der Waals surface area contributed by atoms with Crippen molar-refractivity contribution < 1.29 is 4.74 Å². The van der Waals surface area contributed by atoms with Crippen LogP contribution in [0.3, 0.4) is 0 Å². The highest BCUT2D eigenvalue weighted by atomic mass is 16.5. The standard InChI is InChI=1S/C18H24N4O/c1-23-16-11-7-6-10-15(16)22-18-12-17(19-13-20-18)21-14-8-4-2-3-5-9-14/h6-7,10-14H,2-5,8-9H2,1H3,(H2,19,20,21,22). The molecule has 1 saturated carbocycles. The monoisotopic (exact) mass is 312 g/mol. The number of rotatable bonds is 5. The number of hydrogen-bond acceptors (Lipinski definition) is 5. The Morgan fingerprint density at radius 1 is 1.00 bits per heavy atom. The van der Waals surface area contributed by atoms with Crippen molar-refractivity contribution in [1.29, 1.82) is 0 Å². The number of hydrogen-bond donors (Lipinski definition) is 2. The van der Waals surface area contributed by atoms with Crippen LogP contribution in [0.1, 0.15) is 38.5 Å². The molecule has 5 nitrogen and oxygen atoms in total. The molecule has 1 heterocycles. The number of para-hydroxylation sites is 2. The SMILES string of the molecule is COc1ccccc1Nc1cc(NC2CCCCCC2)ncn1. The van der Waals surface area contributed by atoms with Gasteiger partial charge in [-0.05, 0) is 25.0 Å². The Kier molecular flexibility index (Phi) is 5.29. The Morgan fingerprint density at radius 2 is 1.74 bits per heavy atom. The van der Waals surface area contributed by atoms with E-state index in [4.69, 9.17) is 4.74 Å². The normalized spacial score (nSPS) is 15.7. The Hall–Kier alpha value is -2.30. The van der Waals surface area contributed by atoms with E-state index in [1.165, 1.54) is 38.5 Å². The number of anilines is 3. The fourth-order valence-corrected chi connectivity index (χ4v) is 3.02. The molecule has 5 heteroatoms. The fourth-order valence-electron chi connectivity index (χ4n) is 3.02. The molecule has 0 spiro atoms. The first-order chi connectivity index (χ1) is 11.3. The average molecular weight is 312 g/mol. The molecule has 0 amide bonds. The van der Waals surface area contributed by atoms with Crippen LogP contribution in [0, 0.1) is 0 Å². The minimum atomic E-state index is 0.520. The van der Waals surface area contributed by atoms with Crippen LogP contribution in [0.4, 0.5) is 17.3 Å². The number of nitrogens with zero attached hydrogens (tertiary/aromatic N) is 2. The van der Waals surface area contributed by atoms with E-state index < -0.39 is 0 Å². The number of nitrogens with one attached hydrogen (secondary N) is 2. The molecule has 122 valence electrons. The van der Waals surface area contributed by atoms with Gasteiger partial charge in [0.25, 0.3) is 0 Å². The predicted molar refractivity (Wildman–Crippen MR) is 93.4 cm³/mol. The molecule has 2 aromatic rings. The summed E-state index contributed by atoms with van der Waals surface area (Å²) in [6.07, 6.45) is 9.34. The van der Waals surface area contributed by atoms with Crippen LogP contribution < -0.4 is 15.4 Å². The minimum absolute atomic E-state index is 0.520. The lowest BCUT2D eigenvalue weighted by molar-refractivity contribution is 0.417. The molecular weight excluding hydrogens is 288 g/mol. The average Bonchev–Trinajstić information content (AvgIpc) is 2.84. The van der Waals surface area contributed by atoms with Crippen LogP contribution in [-0.4, -0.2) is 23.1 Å². The van der Waals surface area contributed by atoms with Crippen molar-refractivity contribution in [1.82, 2.24) is 9.97 Å². The van der Waals surface area contributed by atoms with Gasteiger partial charge in [0.05, 0.1) is 12.8 Å². The van der Waals surface area contributed by atoms with Gasteiger partial charge >= 0.3 is 0 Å². The van der Waals surface area contributed by atoms with Crippen LogP contribution in [0.25, 0.3) is 0 Å². The van der Waals surface area contributed by atoms with Gasteiger partial charge < -0.3 is 15.4 Å². The number of benzene rings is 1. The highest BCUT2D eigenvalue weighted by Gasteiger charge is 2.13. The van der Waals surface area contributed by atoms with E-state index in [0.717, 1.165) is 23.1 Å². The zero-order valence-electron chi connectivity index (χ0n) is 13.6. The van der Waals surface area contributed by atoms with Gasteiger partial charge in [0.15, 0.2) is 0 Å². The van der Waals surface area contributed by atoms with Crippen LogP contribution in [-0.2, 0) is 0 Å². The van der Waals surface area contributed by atoms with E-state index in [1.807, 2.05) is 30.3 Å². The summed E-state index contributed by atoms with van der Waals surface area (Å²) >= 11 is 0. The second kappa shape index (κ2) is 7.81. The van der Waals surface area contributed by atoms with Crippen LogP contribution >= 0.6 is 0 Å². The summed E-state index contributed by atoms with van der Waals surface area (Å²) in [4.78, 5) is 8.66. The first-order valence-corrected chi connectivity index (χ1v) is 8.34. The Balaban J connectivity index is 1.69. The molecule has 23 heavy (non-hydrogen) atoms. The lowest BCUT2D eigenvalue weighted by Crippen LogP contribution is -2.19. The van der Waals surface area contributed by atoms with Crippen molar-refractivity contribution in [3.63, 3.8) is 0 Å². The molecule has 0 radical (unpaired) electrons. The zero-order valence-corrected chi connectivity index (χ0v) is 13.6. The van der Waals surface area contributed by atoms with E-state index in [-0.39, 0.29) is 0 Å². The number of ether oxygens (including phenoxy) is 1. The van der Waals surface area contributed by atoms with Crippen molar-refractivity contribution in [3.8, 4) is 5.75 Å². The van der Waals surface area contributed by atoms with E-state index in [2.05, 4.69) is 20.6 Å². The molecule has 2 N–H and O–H groups in total. The van der Waals surface area contributed by atoms with Crippen molar-refractivity contribution in [2.24, 2.45) is 0 Å². The van der Waals surface area contributed by atoms with E-state index in [1.54, 1.807) is 13.4 Å². The predicted octanol–water partition coefficient (Wildman–Crippen LogP) is 4.36. The molecule has 1 aliphatic carbocycles. The van der Waals surface area contributed by atoms with Gasteiger partial charge in [-0.15, -0.1) is 0 Å². The summed E-state index contributed by atoms with van der Waals surface area (Å²) < 4.78 is 5.36. The Labute approximate surface area is 137 Å². The highest BCUT2D eigenvalue weighted by molar-refractivity contribution is 5.65. The van der Waals surface area contributed by atoms with Gasteiger partial charge in [-0.1, -0.05) is 37.8 Å². The molecule has 1 fully saturated rings. The lowest BCUT2D eigenvalue weighted by atomic mass is 10.1. The quantitative estimate of drug-likeness (QED) is 0.803. The molecule has 1 aromatic heterocycles. The van der Waals surface area contributed by atoms with Crippen LogP contribution in [0.5, 0.6) is 5.75 Å². The van der Waals surface area contributed by atoms with Gasteiger partial charge in [-0.2, -0.15) is 0 Å². The van der Waals surface area contributed by atoms with Gasteiger partial charge in [-0.3, -0.25) is 0 Å². The summed E-state index contributed by atoms with van der Waals surface area (Å²) in [5.41, 5.74) is 0.897. The first kappa shape index (κ1) is 15.6. The van der Waals surface area contributed by atoms with Crippen molar-refractivity contribution in [2.75, 3.05) is 17.7 Å². The zero-order chi connectivity index (χ0) is 15.9.